The summed E-state index contributed by atoms with van der Waals surface area (Å²) in [6, 6.07) is 6.88. The molecule has 1 N–H and O–H groups in total. The predicted molar refractivity (Wildman–Crippen MR) is 103 cm³/mol. The highest BCUT2D eigenvalue weighted by molar-refractivity contribution is 6.30. The molecule has 144 valence electrons. The van der Waals surface area contributed by atoms with Gasteiger partial charge in [-0.2, -0.15) is 0 Å². The molecule has 0 bridgehead atoms. The molecule has 7 heteroatoms. The second-order valence-corrected chi connectivity index (χ2v) is 7.77. The molecule has 2 aromatic rings. The molecule has 1 aromatic carbocycles. The Morgan fingerprint density at radius 2 is 2.00 bits per heavy atom. The number of nitrogens with zero attached hydrogens (tertiary/aromatic N) is 2. The third-order valence-corrected chi connectivity index (χ3v) is 4.89. The molecular weight excluding hydrogens is 366 g/mol. The normalized spacial score (nSPS) is 14.8. The number of halogens is 1. The molecule has 27 heavy (non-hydrogen) atoms. The standard InChI is InChI=1S/C20H24ClN3O3/c1-12(2)10-17(22-13(3)25)20(26)24-9-8-18-16(11-24)19(23-27-18)14-4-6-15(21)7-5-14/h4-7,12,17H,8-11H2,1-3H3,(H,22,25)/t17-/m0/s1. The molecule has 0 unspecified atom stereocenters. The maximum Gasteiger partial charge on any atom is 0.245 e. The van der Waals surface area contributed by atoms with Crippen LogP contribution in [0.3, 0.4) is 0 Å². The molecule has 0 saturated carbocycles. The van der Waals surface area contributed by atoms with Crippen LogP contribution in [0.4, 0.5) is 0 Å². The van der Waals surface area contributed by atoms with Gasteiger partial charge in [-0.05, 0) is 24.5 Å². The van der Waals surface area contributed by atoms with Gasteiger partial charge in [0, 0.05) is 36.0 Å². The summed E-state index contributed by atoms with van der Waals surface area (Å²) in [6.45, 7) is 6.48. The fraction of sp³-hybridized carbons (Fsp3) is 0.450. The van der Waals surface area contributed by atoms with Gasteiger partial charge in [-0.1, -0.05) is 42.7 Å². The lowest BCUT2D eigenvalue weighted by Crippen LogP contribution is -2.49. The Bertz CT molecular complexity index is 829. The van der Waals surface area contributed by atoms with E-state index in [1.54, 1.807) is 17.0 Å². The van der Waals surface area contributed by atoms with Crippen molar-refractivity contribution in [2.75, 3.05) is 6.54 Å². The van der Waals surface area contributed by atoms with Crippen molar-refractivity contribution in [1.82, 2.24) is 15.4 Å². The Morgan fingerprint density at radius 1 is 1.30 bits per heavy atom. The minimum atomic E-state index is -0.511. The maximum absolute atomic E-state index is 13.0. The average Bonchev–Trinajstić information content (AvgIpc) is 3.03. The summed E-state index contributed by atoms with van der Waals surface area (Å²) in [6.07, 6.45) is 1.21. The summed E-state index contributed by atoms with van der Waals surface area (Å²) in [5.41, 5.74) is 2.56. The SMILES string of the molecule is CC(=O)N[C@@H](CC(C)C)C(=O)N1CCc2onc(-c3ccc(Cl)cc3)c2C1. The van der Waals surface area contributed by atoms with Crippen LogP contribution in [0, 0.1) is 5.92 Å². The van der Waals surface area contributed by atoms with Crippen molar-refractivity contribution >= 4 is 23.4 Å². The first-order valence-electron chi connectivity index (χ1n) is 9.14. The van der Waals surface area contributed by atoms with Crippen molar-refractivity contribution in [3.63, 3.8) is 0 Å². The van der Waals surface area contributed by atoms with Crippen molar-refractivity contribution < 1.29 is 14.1 Å². The second kappa shape index (κ2) is 8.13. The van der Waals surface area contributed by atoms with Gasteiger partial charge in [0.2, 0.25) is 11.8 Å². The zero-order valence-electron chi connectivity index (χ0n) is 15.8. The summed E-state index contributed by atoms with van der Waals surface area (Å²) in [5.74, 6) is 0.849. The van der Waals surface area contributed by atoms with E-state index in [1.165, 1.54) is 6.92 Å². The first-order chi connectivity index (χ1) is 12.8. The fourth-order valence-corrected chi connectivity index (χ4v) is 3.52. The van der Waals surface area contributed by atoms with Gasteiger partial charge in [-0.25, -0.2) is 0 Å². The van der Waals surface area contributed by atoms with Crippen LogP contribution < -0.4 is 5.32 Å². The monoisotopic (exact) mass is 389 g/mol. The Kier molecular flexibility index (Phi) is 5.85. The van der Waals surface area contributed by atoms with Crippen LogP contribution >= 0.6 is 11.6 Å². The van der Waals surface area contributed by atoms with Gasteiger partial charge in [0.25, 0.3) is 0 Å². The third-order valence-electron chi connectivity index (χ3n) is 4.64. The lowest BCUT2D eigenvalue weighted by Gasteiger charge is -2.31. The average molecular weight is 390 g/mol. The smallest absolute Gasteiger partial charge is 0.245 e. The highest BCUT2D eigenvalue weighted by atomic mass is 35.5. The van der Waals surface area contributed by atoms with Crippen LogP contribution in [0.2, 0.25) is 5.02 Å². The molecule has 1 aliphatic rings. The Hall–Kier alpha value is -2.34. The number of aromatic nitrogens is 1. The molecule has 1 aliphatic heterocycles. The van der Waals surface area contributed by atoms with Gasteiger partial charge in [0.1, 0.15) is 17.5 Å². The molecule has 6 nitrogen and oxygen atoms in total. The van der Waals surface area contributed by atoms with E-state index in [1.807, 2.05) is 26.0 Å². The van der Waals surface area contributed by atoms with Gasteiger partial charge >= 0.3 is 0 Å². The topological polar surface area (TPSA) is 75.4 Å². The van der Waals surface area contributed by atoms with Crippen molar-refractivity contribution in [1.29, 1.82) is 0 Å². The largest absolute Gasteiger partial charge is 0.360 e. The highest BCUT2D eigenvalue weighted by Gasteiger charge is 2.31. The summed E-state index contributed by atoms with van der Waals surface area (Å²) in [7, 11) is 0. The lowest BCUT2D eigenvalue weighted by molar-refractivity contribution is -0.137. The predicted octanol–water partition coefficient (Wildman–Crippen LogP) is 3.43. The van der Waals surface area contributed by atoms with E-state index in [0.717, 1.165) is 22.6 Å². The Balaban J connectivity index is 1.82. The van der Waals surface area contributed by atoms with E-state index in [9.17, 15) is 9.59 Å². The molecule has 0 fully saturated rings. The van der Waals surface area contributed by atoms with Crippen LogP contribution in [0.1, 0.15) is 38.5 Å². The van der Waals surface area contributed by atoms with Gasteiger partial charge in [-0.3, -0.25) is 9.59 Å². The number of hydrogen-bond donors (Lipinski definition) is 1. The minimum Gasteiger partial charge on any atom is -0.360 e. The molecule has 1 aromatic heterocycles. The zero-order valence-corrected chi connectivity index (χ0v) is 16.5. The van der Waals surface area contributed by atoms with Crippen molar-refractivity contribution in [3.05, 3.63) is 40.6 Å². The minimum absolute atomic E-state index is 0.0622. The number of carbonyl (C=O) groups excluding carboxylic acids is 2. The molecule has 0 aliphatic carbocycles. The first-order valence-corrected chi connectivity index (χ1v) is 9.52. The summed E-state index contributed by atoms with van der Waals surface area (Å²) in [4.78, 5) is 26.3. The lowest BCUT2D eigenvalue weighted by atomic mass is 9.98. The van der Waals surface area contributed by atoms with Gasteiger partial charge < -0.3 is 14.7 Å². The molecule has 2 amide bonds. The Morgan fingerprint density at radius 3 is 2.63 bits per heavy atom. The summed E-state index contributed by atoms with van der Waals surface area (Å²) < 4.78 is 5.50. The molecule has 1 atom stereocenters. The first kappa shape index (κ1) is 19.4. The van der Waals surface area contributed by atoms with Gasteiger partial charge in [0.15, 0.2) is 0 Å². The molecule has 3 rings (SSSR count). The van der Waals surface area contributed by atoms with E-state index < -0.39 is 6.04 Å². The van der Waals surface area contributed by atoms with Crippen LogP contribution in [0.15, 0.2) is 28.8 Å². The van der Waals surface area contributed by atoms with E-state index in [-0.39, 0.29) is 11.8 Å². The molecular formula is C20H24ClN3O3. The highest BCUT2D eigenvalue weighted by Crippen LogP contribution is 2.31. The number of rotatable bonds is 5. The molecule has 2 heterocycles. The van der Waals surface area contributed by atoms with Gasteiger partial charge in [-0.15, -0.1) is 0 Å². The van der Waals surface area contributed by atoms with Crippen LogP contribution in [-0.4, -0.2) is 34.5 Å². The van der Waals surface area contributed by atoms with Crippen LogP contribution in [-0.2, 0) is 22.6 Å². The number of hydrogen-bond acceptors (Lipinski definition) is 4. The van der Waals surface area contributed by atoms with Gasteiger partial charge in [0.05, 0.1) is 6.54 Å². The van der Waals surface area contributed by atoms with E-state index >= 15 is 0 Å². The van der Waals surface area contributed by atoms with Crippen molar-refractivity contribution in [2.45, 2.75) is 46.2 Å². The fourth-order valence-electron chi connectivity index (χ4n) is 3.39. The quantitative estimate of drug-likeness (QED) is 0.850. The van der Waals surface area contributed by atoms with E-state index in [0.29, 0.717) is 36.9 Å². The van der Waals surface area contributed by atoms with Crippen LogP contribution in [0.5, 0.6) is 0 Å². The third kappa shape index (κ3) is 4.50. The molecule has 0 saturated heterocycles. The number of carbonyl (C=O) groups is 2. The summed E-state index contributed by atoms with van der Waals surface area (Å²) in [5, 5.41) is 7.65. The zero-order chi connectivity index (χ0) is 19.6. The number of nitrogens with one attached hydrogen (secondary N) is 1. The van der Waals surface area contributed by atoms with E-state index in [4.69, 9.17) is 16.1 Å². The second-order valence-electron chi connectivity index (χ2n) is 7.33. The maximum atomic E-state index is 13.0. The number of fused-ring (bicyclic) bond motifs is 1. The van der Waals surface area contributed by atoms with Crippen LogP contribution in [0.25, 0.3) is 11.3 Å². The Labute approximate surface area is 163 Å². The molecule has 0 spiro atoms. The van der Waals surface area contributed by atoms with E-state index in [2.05, 4.69) is 10.5 Å². The number of amides is 2. The number of benzene rings is 1. The molecule has 0 radical (unpaired) electrons. The summed E-state index contributed by atoms with van der Waals surface area (Å²) >= 11 is 5.97. The van der Waals surface area contributed by atoms with Crippen molar-refractivity contribution in [2.24, 2.45) is 5.92 Å². The van der Waals surface area contributed by atoms with Crippen molar-refractivity contribution in [3.8, 4) is 11.3 Å².